The molecule has 7 heteroatoms. The Morgan fingerprint density at radius 2 is 2.21 bits per heavy atom. The third-order valence-electron chi connectivity index (χ3n) is 2.80. The molecule has 0 aliphatic rings. The summed E-state index contributed by atoms with van der Waals surface area (Å²) in [6, 6.07) is 3.54. The summed E-state index contributed by atoms with van der Waals surface area (Å²) in [5.74, 6) is -2.15. The van der Waals surface area contributed by atoms with E-state index in [0.717, 1.165) is 6.07 Å². The minimum absolute atomic E-state index is 0.136. The molecule has 1 unspecified atom stereocenters. The second kappa shape index (κ2) is 5.64. The number of halogens is 1. The van der Waals surface area contributed by atoms with E-state index in [1.807, 2.05) is 0 Å². The molecule has 0 bridgehead atoms. The van der Waals surface area contributed by atoms with Gasteiger partial charge in [-0.2, -0.15) is 4.39 Å². The summed E-state index contributed by atoms with van der Waals surface area (Å²) < 4.78 is 13.4. The lowest BCUT2D eigenvalue weighted by Crippen LogP contribution is -2.43. The molecule has 1 atom stereocenters. The van der Waals surface area contributed by atoms with Crippen molar-refractivity contribution < 1.29 is 19.2 Å². The van der Waals surface area contributed by atoms with Crippen LogP contribution in [0.5, 0.6) is 0 Å². The van der Waals surface area contributed by atoms with Gasteiger partial charge in [0.2, 0.25) is 5.82 Å². The van der Waals surface area contributed by atoms with Crippen molar-refractivity contribution >= 4 is 17.3 Å². The van der Waals surface area contributed by atoms with Gasteiger partial charge in [0.25, 0.3) is 0 Å². The second-order valence-corrected chi connectivity index (χ2v) is 4.41. The molecular weight excluding hydrogens is 255 g/mol. The highest BCUT2D eigenvalue weighted by Gasteiger charge is 2.34. The van der Waals surface area contributed by atoms with Crippen molar-refractivity contribution in [2.45, 2.75) is 32.2 Å². The molecule has 1 rings (SSSR count). The minimum Gasteiger partial charge on any atom is -0.480 e. The Labute approximate surface area is 109 Å². The summed E-state index contributed by atoms with van der Waals surface area (Å²) in [7, 11) is 0. The predicted octanol–water partition coefficient (Wildman–Crippen LogP) is 2.79. The summed E-state index contributed by atoms with van der Waals surface area (Å²) in [4.78, 5) is 21.2. The first-order chi connectivity index (χ1) is 8.81. The van der Waals surface area contributed by atoms with E-state index in [0.29, 0.717) is 6.42 Å². The number of aliphatic carboxylic acids is 1. The summed E-state index contributed by atoms with van der Waals surface area (Å²) in [5.41, 5.74) is -2.26. The van der Waals surface area contributed by atoms with Crippen molar-refractivity contribution in [2.24, 2.45) is 0 Å². The number of nitro groups is 1. The number of carboxylic acids is 1. The monoisotopic (exact) mass is 270 g/mol. The number of rotatable bonds is 6. The average molecular weight is 270 g/mol. The number of hydrogen-bond donors (Lipinski definition) is 2. The fourth-order valence-corrected chi connectivity index (χ4v) is 1.82. The topological polar surface area (TPSA) is 92.5 Å². The van der Waals surface area contributed by atoms with Crippen molar-refractivity contribution in [1.82, 2.24) is 0 Å². The van der Waals surface area contributed by atoms with Gasteiger partial charge in [0, 0.05) is 0 Å². The highest BCUT2D eigenvalue weighted by molar-refractivity contribution is 5.83. The van der Waals surface area contributed by atoms with Crippen molar-refractivity contribution in [3.8, 4) is 0 Å². The quantitative estimate of drug-likeness (QED) is 0.612. The highest BCUT2D eigenvalue weighted by Crippen LogP contribution is 2.31. The number of anilines is 1. The van der Waals surface area contributed by atoms with Gasteiger partial charge < -0.3 is 10.4 Å². The van der Waals surface area contributed by atoms with Gasteiger partial charge in [0.15, 0.2) is 0 Å². The van der Waals surface area contributed by atoms with Crippen LogP contribution in [0.25, 0.3) is 0 Å². The summed E-state index contributed by atoms with van der Waals surface area (Å²) >= 11 is 0. The molecule has 0 heterocycles. The summed E-state index contributed by atoms with van der Waals surface area (Å²) in [6.07, 6.45) is 0.828. The van der Waals surface area contributed by atoms with Crippen LogP contribution >= 0.6 is 0 Å². The zero-order valence-corrected chi connectivity index (χ0v) is 10.6. The van der Waals surface area contributed by atoms with E-state index >= 15 is 0 Å². The second-order valence-electron chi connectivity index (χ2n) is 4.41. The molecule has 0 saturated heterocycles. The standard InChI is InChI=1S/C12H15FN2O4/c1-3-7-12(2,11(16)17)14-9-6-4-5-8(13)10(9)15(18)19/h4-6,14H,3,7H2,1-2H3,(H,16,17). The average Bonchev–Trinajstić information content (AvgIpc) is 2.28. The van der Waals surface area contributed by atoms with E-state index in [1.54, 1.807) is 6.92 Å². The van der Waals surface area contributed by atoms with Gasteiger partial charge in [-0.3, -0.25) is 10.1 Å². The predicted molar refractivity (Wildman–Crippen MR) is 67.6 cm³/mol. The van der Waals surface area contributed by atoms with Crippen LogP contribution in [0.4, 0.5) is 15.8 Å². The Morgan fingerprint density at radius 1 is 1.58 bits per heavy atom. The van der Waals surface area contributed by atoms with E-state index in [2.05, 4.69) is 5.32 Å². The SMILES string of the molecule is CCCC(C)(Nc1cccc(F)c1[N+](=O)[O-])C(=O)O. The zero-order valence-electron chi connectivity index (χ0n) is 10.6. The molecule has 104 valence electrons. The van der Waals surface area contributed by atoms with Gasteiger partial charge in [-0.1, -0.05) is 19.4 Å². The molecule has 1 aromatic carbocycles. The molecule has 0 spiro atoms. The molecular formula is C12H15FN2O4. The van der Waals surface area contributed by atoms with Gasteiger partial charge in [-0.15, -0.1) is 0 Å². The Kier molecular flexibility index (Phi) is 4.42. The van der Waals surface area contributed by atoms with Gasteiger partial charge >= 0.3 is 11.7 Å². The number of nitrogens with one attached hydrogen (secondary N) is 1. The molecule has 2 N–H and O–H groups in total. The van der Waals surface area contributed by atoms with Gasteiger partial charge in [0.1, 0.15) is 11.2 Å². The molecule has 0 aliphatic heterocycles. The van der Waals surface area contributed by atoms with Gasteiger partial charge in [-0.25, -0.2) is 4.79 Å². The van der Waals surface area contributed by atoms with E-state index in [-0.39, 0.29) is 12.1 Å². The van der Waals surface area contributed by atoms with E-state index in [1.165, 1.54) is 19.1 Å². The third-order valence-corrected chi connectivity index (χ3v) is 2.80. The number of benzene rings is 1. The number of para-hydroxylation sites is 1. The third kappa shape index (κ3) is 3.18. The molecule has 1 aromatic rings. The van der Waals surface area contributed by atoms with Crippen LogP contribution in [0.15, 0.2) is 18.2 Å². The molecule has 6 nitrogen and oxygen atoms in total. The number of nitro benzene ring substituents is 1. The number of carbonyl (C=O) groups is 1. The molecule has 0 saturated carbocycles. The maximum absolute atomic E-state index is 13.4. The fraction of sp³-hybridized carbons (Fsp3) is 0.417. The van der Waals surface area contributed by atoms with Crippen LogP contribution < -0.4 is 5.32 Å². The van der Waals surface area contributed by atoms with E-state index in [9.17, 15) is 24.4 Å². The van der Waals surface area contributed by atoms with Crippen molar-refractivity contribution in [2.75, 3.05) is 5.32 Å². The Morgan fingerprint density at radius 3 is 2.68 bits per heavy atom. The van der Waals surface area contributed by atoms with Crippen LogP contribution in [0.1, 0.15) is 26.7 Å². The Hall–Kier alpha value is -2.18. The van der Waals surface area contributed by atoms with Crippen molar-refractivity contribution in [3.63, 3.8) is 0 Å². The Bertz CT molecular complexity index is 507. The fourth-order valence-electron chi connectivity index (χ4n) is 1.82. The minimum atomic E-state index is -1.38. The maximum Gasteiger partial charge on any atom is 0.329 e. The molecule has 0 aliphatic carbocycles. The zero-order chi connectivity index (χ0) is 14.6. The molecule has 0 fully saturated rings. The molecule has 19 heavy (non-hydrogen) atoms. The Balaban J connectivity index is 3.21. The van der Waals surface area contributed by atoms with Gasteiger partial charge in [-0.05, 0) is 25.5 Å². The largest absolute Gasteiger partial charge is 0.480 e. The van der Waals surface area contributed by atoms with Crippen LogP contribution in [-0.4, -0.2) is 21.5 Å². The normalized spacial score (nSPS) is 13.6. The van der Waals surface area contributed by atoms with Crippen LogP contribution in [0, 0.1) is 15.9 Å². The lowest BCUT2D eigenvalue weighted by molar-refractivity contribution is -0.386. The molecule has 0 amide bonds. The summed E-state index contributed by atoms with van der Waals surface area (Å²) in [5, 5.41) is 22.6. The first-order valence-electron chi connectivity index (χ1n) is 5.76. The maximum atomic E-state index is 13.4. The number of hydrogen-bond acceptors (Lipinski definition) is 4. The number of nitrogens with zero attached hydrogens (tertiary/aromatic N) is 1. The summed E-state index contributed by atoms with van der Waals surface area (Å²) in [6.45, 7) is 3.20. The van der Waals surface area contributed by atoms with Crippen LogP contribution in [0.2, 0.25) is 0 Å². The first-order valence-corrected chi connectivity index (χ1v) is 5.76. The van der Waals surface area contributed by atoms with E-state index in [4.69, 9.17) is 0 Å². The van der Waals surface area contributed by atoms with Gasteiger partial charge in [0.05, 0.1) is 4.92 Å². The first kappa shape index (κ1) is 14.9. The highest BCUT2D eigenvalue weighted by atomic mass is 19.1. The van der Waals surface area contributed by atoms with Crippen LogP contribution in [0.3, 0.4) is 0 Å². The van der Waals surface area contributed by atoms with Crippen LogP contribution in [-0.2, 0) is 4.79 Å². The number of carboxylic acid groups (broad SMARTS) is 1. The molecule has 0 radical (unpaired) electrons. The van der Waals surface area contributed by atoms with Crippen molar-refractivity contribution in [3.05, 3.63) is 34.1 Å². The molecule has 0 aromatic heterocycles. The van der Waals surface area contributed by atoms with Crippen molar-refractivity contribution in [1.29, 1.82) is 0 Å². The lowest BCUT2D eigenvalue weighted by atomic mass is 9.95. The van der Waals surface area contributed by atoms with E-state index < -0.39 is 27.9 Å². The smallest absolute Gasteiger partial charge is 0.329 e. The lowest BCUT2D eigenvalue weighted by Gasteiger charge is -2.26.